The summed E-state index contributed by atoms with van der Waals surface area (Å²) in [4.78, 5) is 2.49. The van der Waals surface area contributed by atoms with E-state index in [1.807, 2.05) is 11.3 Å². The average molecular weight is 977 g/mol. The van der Waals surface area contributed by atoms with Gasteiger partial charge in [-0.15, -0.1) is 11.3 Å². The first-order valence-electron chi connectivity index (χ1n) is 26.2. The van der Waals surface area contributed by atoms with Crippen molar-refractivity contribution in [1.29, 1.82) is 0 Å². The molecule has 0 amide bonds. The molecule has 356 valence electrons. The monoisotopic (exact) mass is 976 g/mol. The van der Waals surface area contributed by atoms with Crippen molar-refractivity contribution in [3.63, 3.8) is 0 Å². The minimum Gasteiger partial charge on any atom is -0.310 e. The van der Waals surface area contributed by atoms with Crippen LogP contribution in [0.3, 0.4) is 0 Å². The molecule has 2 heterocycles. The van der Waals surface area contributed by atoms with Crippen LogP contribution in [0.5, 0.6) is 0 Å². The molecule has 0 fully saturated rings. The van der Waals surface area contributed by atoms with E-state index >= 15 is 0 Å². The van der Waals surface area contributed by atoms with Gasteiger partial charge in [0.25, 0.3) is 0 Å². The largest absolute Gasteiger partial charge is 0.310 e. The molecule has 0 saturated heterocycles. The summed E-state index contributed by atoms with van der Waals surface area (Å²) in [6.45, 7) is 9.55. The van der Waals surface area contributed by atoms with Gasteiger partial charge in [0.05, 0.1) is 16.7 Å². The summed E-state index contributed by atoms with van der Waals surface area (Å²) in [5, 5.41) is 5.20. The molecule has 75 heavy (non-hydrogen) atoms. The molecule has 0 aliphatic heterocycles. The molecule has 15 rings (SSSR count). The van der Waals surface area contributed by atoms with Crippen molar-refractivity contribution in [2.75, 3.05) is 4.90 Å². The number of fused-ring (bicyclic) bond motifs is 12. The summed E-state index contributed by atoms with van der Waals surface area (Å²) < 4.78 is 5.05. The van der Waals surface area contributed by atoms with E-state index in [1.165, 1.54) is 126 Å². The third-order valence-electron chi connectivity index (χ3n) is 16.8. The first kappa shape index (κ1) is 43.8. The van der Waals surface area contributed by atoms with Crippen LogP contribution in [0.1, 0.15) is 49.9 Å². The molecule has 13 aromatic rings. The molecule has 0 bridgehead atoms. The van der Waals surface area contributed by atoms with Crippen molar-refractivity contribution in [3.8, 4) is 61.3 Å². The molecule has 0 spiro atoms. The van der Waals surface area contributed by atoms with Crippen molar-refractivity contribution in [2.45, 2.75) is 38.5 Å². The van der Waals surface area contributed by atoms with Gasteiger partial charge < -0.3 is 9.47 Å². The lowest BCUT2D eigenvalue weighted by molar-refractivity contribution is 0.660. The van der Waals surface area contributed by atoms with E-state index in [2.05, 4.69) is 280 Å². The number of hydrogen-bond donors (Lipinski definition) is 0. The van der Waals surface area contributed by atoms with Gasteiger partial charge in [-0.2, -0.15) is 0 Å². The van der Waals surface area contributed by atoms with Gasteiger partial charge in [0, 0.05) is 64.4 Å². The highest BCUT2D eigenvalue weighted by Gasteiger charge is 2.38. The summed E-state index contributed by atoms with van der Waals surface area (Å²) >= 11 is 1.87. The molecule has 0 saturated carbocycles. The fourth-order valence-electron chi connectivity index (χ4n) is 13.2. The second-order valence-electron chi connectivity index (χ2n) is 21.6. The van der Waals surface area contributed by atoms with Crippen molar-refractivity contribution in [3.05, 3.63) is 265 Å². The number of hydrogen-bond acceptors (Lipinski definition) is 2. The SMILES string of the molecule is CC1(C)c2ccc(-c3ccccc3N(c3ccc(-c4cccc5sc6ccccc6c45)cc3)c3ccc4c(c3)C(C)(C)c3ccccc3-4)cc2-c2ccc(-c3cccc4c3c3ccccc3n4-c3ccccc3)cc21. The molecule has 2 aliphatic rings. The maximum Gasteiger partial charge on any atom is 0.0547 e. The van der Waals surface area contributed by atoms with Gasteiger partial charge in [-0.3, -0.25) is 0 Å². The summed E-state index contributed by atoms with van der Waals surface area (Å²) in [6.07, 6.45) is 0. The predicted molar refractivity (Wildman–Crippen MR) is 320 cm³/mol. The minimum absolute atomic E-state index is 0.146. The van der Waals surface area contributed by atoms with E-state index in [0.717, 1.165) is 17.1 Å². The first-order valence-corrected chi connectivity index (χ1v) is 27.1. The van der Waals surface area contributed by atoms with E-state index in [1.54, 1.807) is 0 Å². The van der Waals surface area contributed by atoms with Gasteiger partial charge in [-0.25, -0.2) is 0 Å². The van der Waals surface area contributed by atoms with Crippen LogP contribution in [0.15, 0.2) is 243 Å². The molecule has 2 nitrogen and oxygen atoms in total. The van der Waals surface area contributed by atoms with Crippen molar-refractivity contribution < 1.29 is 0 Å². The van der Waals surface area contributed by atoms with Crippen LogP contribution < -0.4 is 4.90 Å². The van der Waals surface area contributed by atoms with Crippen molar-refractivity contribution in [2.24, 2.45) is 0 Å². The Labute approximate surface area is 442 Å². The zero-order valence-corrected chi connectivity index (χ0v) is 43.2. The summed E-state index contributed by atoms with van der Waals surface area (Å²) in [6, 6.07) is 90.8. The summed E-state index contributed by atoms with van der Waals surface area (Å²) in [5.74, 6) is 0. The Kier molecular flexibility index (Phi) is 9.56. The molecule has 0 unspecified atom stereocenters. The lowest BCUT2D eigenvalue weighted by Gasteiger charge is -2.30. The van der Waals surface area contributed by atoms with Crippen LogP contribution in [0, 0.1) is 0 Å². The molecule has 2 aromatic heterocycles. The fourth-order valence-corrected chi connectivity index (χ4v) is 14.3. The number of thiophene rings is 1. The normalized spacial score (nSPS) is 13.8. The van der Waals surface area contributed by atoms with Crippen molar-refractivity contribution in [1.82, 2.24) is 4.57 Å². The predicted octanol–water partition coefficient (Wildman–Crippen LogP) is 20.2. The number of anilines is 3. The Morgan fingerprint density at radius 3 is 1.72 bits per heavy atom. The van der Waals surface area contributed by atoms with Crippen LogP contribution >= 0.6 is 11.3 Å². The van der Waals surface area contributed by atoms with Crippen LogP contribution in [-0.2, 0) is 10.8 Å². The van der Waals surface area contributed by atoms with E-state index < -0.39 is 0 Å². The Balaban J connectivity index is 0.862. The number of aromatic nitrogens is 1. The Morgan fingerprint density at radius 1 is 0.333 bits per heavy atom. The zero-order chi connectivity index (χ0) is 50.2. The Hall–Kier alpha value is -8.76. The summed E-state index contributed by atoms with van der Waals surface area (Å²) in [7, 11) is 0. The van der Waals surface area contributed by atoms with E-state index in [4.69, 9.17) is 0 Å². The van der Waals surface area contributed by atoms with Crippen LogP contribution in [0.4, 0.5) is 17.1 Å². The lowest BCUT2D eigenvalue weighted by atomic mass is 9.81. The van der Waals surface area contributed by atoms with E-state index in [0.29, 0.717) is 0 Å². The smallest absolute Gasteiger partial charge is 0.0547 e. The highest BCUT2D eigenvalue weighted by Crippen LogP contribution is 2.54. The average Bonchev–Trinajstić information content (AvgIpc) is 4.18. The first-order chi connectivity index (χ1) is 36.7. The summed E-state index contributed by atoms with van der Waals surface area (Å²) in [5.41, 5.74) is 24.7. The Bertz CT molecular complexity index is 4470. The topological polar surface area (TPSA) is 8.17 Å². The van der Waals surface area contributed by atoms with Gasteiger partial charge in [-0.05, 0) is 151 Å². The van der Waals surface area contributed by atoms with Gasteiger partial charge >= 0.3 is 0 Å². The highest BCUT2D eigenvalue weighted by molar-refractivity contribution is 7.25. The third kappa shape index (κ3) is 6.51. The van der Waals surface area contributed by atoms with Gasteiger partial charge in [0.15, 0.2) is 0 Å². The molecule has 0 radical (unpaired) electrons. The van der Waals surface area contributed by atoms with Crippen LogP contribution in [0.25, 0.3) is 103 Å². The van der Waals surface area contributed by atoms with E-state index in [-0.39, 0.29) is 10.8 Å². The molecule has 0 atom stereocenters. The number of benzene rings is 11. The number of para-hydroxylation sites is 3. The maximum atomic E-state index is 2.49. The van der Waals surface area contributed by atoms with Crippen LogP contribution in [-0.4, -0.2) is 4.57 Å². The standard InChI is InChI=1S/C72H52N2S/c1-71(2)60-26-12-8-21-54(60)55-40-38-50(44-63(55)71)73(49-36-32-45(33-37-49)52-25-17-31-68-70(52)58-23-11-15-30-67(58)75-68)64-27-13-9-20-51(64)46-35-41-61-59(42-46)56-39-34-47(43-62(56)72(61,3)4)53-24-16-29-66-69(53)57-22-10-14-28-65(57)74(66)48-18-6-5-7-19-48/h5-44H,1-4H3. The third-order valence-corrected chi connectivity index (χ3v) is 18.0. The molecule has 11 aromatic carbocycles. The minimum atomic E-state index is -0.202. The Morgan fingerprint density at radius 2 is 0.880 bits per heavy atom. The second kappa shape index (κ2) is 16.4. The molecular formula is C72H52N2S. The molecule has 3 heteroatoms. The van der Waals surface area contributed by atoms with Gasteiger partial charge in [0.2, 0.25) is 0 Å². The number of rotatable bonds is 7. The highest BCUT2D eigenvalue weighted by atomic mass is 32.1. The lowest BCUT2D eigenvalue weighted by Crippen LogP contribution is -2.17. The van der Waals surface area contributed by atoms with Gasteiger partial charge in [0.1, 0.15) is 0 Å². The quantitative estimate of drug-likeness (QED) is 0.154. The number of nitrogens with zero attached hydrogens (tertiary/aromatic N) is 2. The zero-order valence-electron chi connectivity index (χ0n) is 42.4. The van der Waals surface area contributed by atoms with Crippen molar-refractivity contribution >= 4 is 70.4 Å². The second-order valence-corrected chi connectivity index (χ2v) is 22.7. The molecular weight excluding hydrogens is 925 g/mol. The molecule has 2 aliphatic carbocycles. The van der Waals surface area contributed by atoms with Crippen LogP contribution in [0.2, 0.25) is 0 Å². The fraction of sp³-hybridized carbons (Fsp3) is 0.0833. The van der Waals surface area contributed by atoms with Gasteiger partial charge in [-0.1, -0.05) is 191 Å². The van der Waals surface area contributed by atoms with E-state index in [9.17, 15) is 0 Å². The molecule has 0 N–H and O–H groups in total. The maximum absolute atomic E-state index is 2.49.